The molecule has 0 atom stereocenters. The Morgan fingerprint density at radius 3 is 2.87 bits per heavy atom. The van der Waals surface area contributed by atoms with Crippen LogP contribution >= 0.6 is 0 Å². The minimum absolute atomic E-state index is 0.00448. The zero-order chi connectivity index (χ0) is 11.1. The molecule has 0 bridgehead atoms. The van der Waals surface area contributed by atoms with Crippen molar-refractivity contribution in [1.82, 2.24) is 9.55 Å². The standard InChI is InChI=1S/C11H18N4/c1-11(2,3)8-7-9(12)15-6-4-5-13-10(15)14-8/h7,12H,4-6H2,1-3H3,(H,13,14). The monoisotopic (exact) mass is 206 g/mol. The summed E-state index contributed by atoms with van der Waals surface area (Å²) < 4.78 is 1.93. The molecule has 1 aromatic rings. The third-order valence-corrected chi connectivity index (χ3v) is 2.66. The van der Waals surface area contributed by atoms with Crippen molar-refractivity contribution in [3.63, 3.8) is 0 Å². The maximum Gasteiger partial charge on any atom is 0.204 e. The molecule has 0 spiro atoms. The second-order valence-electron chi connectivity index (χ2n) is 5.03. The Balaban J connectivity index is 2.55. The van der Waals surface area contributed by atoms with Crippen LogP contribution in [0.25, 0.3) is 0 Å². The van der Waals surface area contributed by atoms with Crippen LogP contribution in [0.2, 0.25) is 0 Å². The minimum atomic E-state index is 0.00448. The molecule has 1 aliphatic heterocycles. The largest absolute Gasteiger partial charge is 0.356 e. The molecular formula is C11H18N4. The van der Waals surface area contributed by atoms with Crippen molar-refractivity contribution >= 4 is 5.95 Å². The van der Waals surface area contributed by atoms with E-state index in [0.717, 1.165) is 31.2 Å². The van der Waals surface area contributed by atoms with E-state index < -0.39 is 0 Å². The number of anilines is 1. The first-order valence-electron chi connectivity index (χ1n) is 5.39. The Labute approximate surface area is 89.9 Å². The Morgan fingerprint density at radius 2 is 2.20 bits per heavy atom. The summed E-state index contributed by atoms with van der Waals surface area (Å²) in [6.45, 7) is 8.22. The number of aromatic nitrogens is 2. The molecule has 1 aromatic heterocycles. The van der Waals surface area contributed by atoms with Crippen molar-refractivity contribution in [2.75, 3.05) is 11.9 Å². The van der Waals surface area contributed by atoms with E-state index in [0.29, 0.717) is 5.49 Å². The van der Waals surface area contributed by atoms with Crippen LogP contribution in [-0.2, 0) is 12.0 Å². The number of rotatable bonds is 0. The predicted molar refractivity (Wildman–Crippen MR) is 59.9 cm³/mol. The number of nitrogens with one attached hydrogen (secondary N) is 2. The van der Waals surface area contributed by atoms with Crippen LogP contribution in [0.4, 0.5) is 5.95 Å². The lowest BCUT2D eigenvalue weighted by molar-refractivity contribution is 0.534. The Hall–Kier alpha value is -1.32. The Morgan fingerprint density at radius 1 is 1.47 bits per heavy atom. The summed E-state index contributed by atoms with van der Waals surface area (Å²) in [6.07, 6.45) is 1.07. The van der Waals surface area contributed by atoms with Crippen LogP contribution in [0.3, 0.4) is 0 Å². The van der Waals surface area contributed by atoms with Gasteiger partial charge in [-0.05, 0) is 6.42 Å². The van der Waals surface area contributed by atoms with E-state index in [2.05, 4.69) is 31.1 Å². The lowest BCUT2D eigenvalue weighted by Crippen LogP contribution is -2.32. The quantitative estimate of drug-likeness (QED) is 0.675. The lowest BCUT2D eigenvalue weighted by atomic mass is 9.92. The second-order valence-corrected chi connectivity index (χ2v) is 5.03. The SMILES string of the molecule is CC(C)(C)c1cc(=N)n2c(n1)NCCC2. The first kappa shape index (κ1) is 10.2. The Kier molecular flexibility index (Phi) is 2.29. The number of hydrogen-bond acceptors (Lipinski definition) is 3. The summed E-state index contributed by atoms with van der Waals surface area (Å²) in [4.78, 5) is 4.58. The van der Waals surface area contributed by atoms with Crippen LogP contribution in [0.5, 0.6) is 0 Å². The molecule has 0 saturated heterocycles. The van der Waals surface area contributed by atoms with Gasteiger partial charge in [0.05, 0.1) is 5.69 Å². The van der Waals surface area contributed by atoms with Gasteiger partial charge in [0.1, 0.15) is 5.49 Å². The van der Waals surface area contributed by atoms with Gasteiger partial charge < -0.3 is 5.32 Å². The highest BCUT2D eigenvalue weighted by Gasteiger charge is 2.19. The summed E-state index contributed by atoms with van der Waals surface area (Å²) in [5.41, 5.74) is 1.54. The van der Waals surface area contributed by atoms with Crippen molar-refractivity contribution < 1.29 is 0 Å². The highest BCUT2D eigenvalue weighted by Crippen LogP contribution is 2.20. The van der Waals surface area contributed by atoms with Crippen molar-refractivity contribution in [1.29, 1.82) is 5.41 Å². The van der Waals surface area contributed by atoms with E-state index in [-0.39, 0.29) is 5.41 Å². The Bertz CT molecular complexity index is 425. The molecule has 1 aliphatic rings. The van der Waals surface area contributed by atoms with E-state index >= 15 is 0 Å². The summed E-state index contributed by atoms with van der Waals surface area (Å²) in [7, 11) is 0. The number of nitrogens with zero attached hydrogens (tertiary/aromatic N) is 2. The molecule has 0 unspecified atom stereocenters. The van der Waals surface area contributed by atoms with Gasteiger partial charge in [-0.2, -0.15) is 0 Å². The average Bonchev–Trinajstić information content (AvgIpc) is 2.16. The van der Waals surface area contributed by atoms with Crippen LogP contribution < -0.4 is 10.8 Å². The molecule has 2 N–H and O–H groups in total. The topological polar surface area (TPSA) is 53.7 Å². The van der Waals surface area contributed by atoms with Crippen LogP contribution in [0, 0.1) is 5.41 Å². The lowest BCUT2D eigenvalue weighted by Gasteiger charge is -2.24. The van der Waals surface area contributed by atoms with Gasteiger partial charge in [-0.1, -0.05) is 20.8 Å². The molecule has 4 heteroatoms. The summed E-state index contributed by atoms with van der Waals surface area (Å²) in [5.74, 6) is 0.846. The fraction of sp³-hybridized carbons (Fsp3) is 0.636. The fourth-order valence-electron chi connectivity index (χ4n) is 1.71. The maximum atomic E-state index is 7.95. The van der Waals surface area contributed by atoms with Gasteiger partial charge in [0, 0.05) is 24.6 Å². The van der Waals surface area contributed by atoms with E-state index in [1.165, 1.54) is 0 Å². The maximum absolute atomic E-state index is 7.95. The zero-order valence-corrected chi connectivity index (χ0v) is 9.59. The second kappa shape index (κ2) is 3.36. The molecule has 0 radical (unpaired) electrons. The summed E-state index contributed by atoms with van der Waals surface area (Å²) in [5, 5.41) is 11.2. The van der Waals surface area contributed by atoms with Crippen LogP contribution in [-0.4, -0.2) is 16.1 Å². The van der Waals surface area contributed by atoms with Crippen LogP contribution in [0.1, 0.15) is 32.9 Å². The van der Waals surface area contributed by atoms with Gasteiger partial charge >= 0.3 is 0 Å². The molecule has 0 amide bonds. The highest BCUT2D eigenvalue weighted by atomic mass is 15.2. The first-order chi connectivity index (χ1) is 6.98. The average molecular weight is 206 g/mol. The van der Waals surface area contributed by atoms with Crippen molar-refractivity contribution in [3.8, 4) is 0 Å². The molecule has 0 aliphatic carbocycles. The van der Waals surface area contributed by atoms with Gasteiger partial charge in [0.15, 0.2) is 0 Å². The smallest absolute Gasteiger partial charge is 0.204 e. The molecular weight excluding hydrogens is 188 g/mol. The molecule has 4 nitrogen and oxygen atoms in total. The van der Waals surface area contributed by atoms with Crippen molar-refractivity contribution in [2.24, 2.45) is 0 Å². The molecule has 0 fully saturated rings. The number of fused-ring (bicyclic) bond motifs is 1. The number of hydrogen-bond donors (Lipinski definition) is 2. The zero-order valence-electron chi connectivity index (χ0n) is 9.59. The fourth-order valence-corrected chi connectivity index (χ4v) is 1.71. The molecule has 0 saturated carbocycles. The third-order valence-electron chi connectivity index (χ3n) is 2.66. The van der Waals surface area contributed by atoms with Crippen molar-refractivity contribution in [2.45, 2.75) is 39.2 Å². The molecule has 15 heavy (non-hydrogen) atoms. The minimum Gasteiger partial charge on any atom is -0.356 e. The van der Waals surface area contributed by atoms with Gasteiger partial charge in [-0.3, -0.25) is 9.98 Å². The van der Waals surface area contributed by atoms with Crippen molar-refractivity contribution in [3.05, 3.63) is 17.2 Å². The normalized spacial score (nSPS) is 15.7. The van der Waals surface area contributed by atoms with E-state index in [4.69, 9.17) is 5.41 Å². The first-order valence-corrected chi connectivity index (χ1v) is 5.39. The van der Waals surface area contributed by atoms with Gasteiger partial charge in [-0.25, -0.2) is 4.98 Å². The van der Waals surface area contributed by atoms with E-state index in [1.807, 2.05) is 10.6 Å². The van der Waals surface area contributed by atoms with Gasteiger partial charge in [0.25, 0.3) is 0 Å². The highest BCUT2D eigenvalue weighted by molar-refractivity contribution is 5.30. The molecule has 0 aromatic carbocycles. The van der Waals surface area contributed by atoms with Crippen LogP contribution in [0.15, 0.2) is 6.07 Å². The predicted octanol–water partition coefficient (Wildman–Crippen LogP) is 1.48. The van der Waals surface area contributed by atoms with E-state index in [1.54, 1.807) is 0 Å². The summed E-state index contributed by atoms with van der Waals surface area (Å²) >= 11 is 0. The third kappa shape index (κ3) is 1.89. The van der Waals surface area contributed by atoms with Gasteiger partial charge in [-0.15, -0.1) is 0 Å². The molecule has 82 valence electrons. The molecule has 2 heterocycles. The molecule has 2 rings (SSSR count). The van der Waals surface area contributed by atoms with E-state index in [9.17, 15) is 0 Å². The summed E-state index contributed by atoms with van der Waals surface area (Å²) in [6, 6.07) is 1.87. The van der Waals surface area contributed by atoms with Gasteiger partial charge in [0.2, 0.25) is 5.95 Å².